The third kappa shape index (κ3) is 4.53. The molecule has 1 aliphatic rings. The summed E-state index contributed by atoms with van der Waals surface area (Å²) in [4.78, 5) is 8.40. The van der Waals surface area contributed by atoms with Crippen molar-refractivity contribution >= 4 is 22.9 Å². The minimum absolute atomic E-state index is 0.609. The van der Waals surface area contributed by atoms with Gasteiger partial charge >= 0.3 is 0 Å². The maximum absolute atomic E-state index is 6.09. The van der Waals surface area contributed by atoms with Gasteiger partial charge in [0.25, 0.3) is 0 Å². The third-order valence-corrected chi connectivity index (χ3v) is 5.40. The number of hydrogen-bond donors (Lipinski definition) is 1. The minimum atomic E-state index is 0.609. The number of nitrogens with zero attached hydrogens (tertiary/aromatic N) is 2. The number of rotatable bonds is 5. The van der Waals surface area contributed by atoms with Crippen molar-refractivity contribution in [2.45, 2.75) is 38.4 Å². The number of hydrogen-bond acceptors (Lipinski definition) is 4. The van der Waals surface area contributed by atoms with Gasteiger partial charge in [0.1, 0.15) is 0 Å². The summed E-state index contributed by atoms with van der Waals surface area (Å²) < 4.78 is 0. The Morgan fingerprint density at radius 2 is 2.23 bits per heavy atom. The standard InChI is InChI=1S/C17H22ClN3S/c18-14-10-17(22-13-14)12-21(11-15-4-1-2-8-20-15)16-5-3-7-19-9-6-16/h1-2,4,8,10,13,16,19H,3,5-7,9,11-12H2. The van der Waals surface area contributed by atoms with Crippen molar-refractivity contribution in [2.75, 3.05) is 13.1 Å². The van der Waals surface area contributed by atoms with Crippen molar-refractivity contribution in [3.63, 3.8) is 0 Å². The van der Waals surface area contributed by atoms with Crippen molar-refractivity contribution < 1.29 is 0 Å². The number of aromatic nitrogens is 1. The molecule has 22 heavy (non-hydrogen) atoms. The highest BCUT2D eigenvalue weighted by Crippen LogP contribution is 2.24. The molecule has 5 heteroatoms. The molecule has 1 aliphatic heterocycles. The van der Waals surface area contributed by atoms with E-state index in [1.54, 1.807) is 11.3 Å². The van der Waals surface area contributed by atoms with Gasteiger partial charge in [-0.25, -0.2) is 0 Å². The van der Waals surface area contributed by atoms with Gasteiger partial charge in [0.05, 0.1) is 10.7 Å². The van der Waals surface area contributed by atoms with E-state index in [4.69, 9.17) is 11.6 Å². The fourth-order valence-corrected chi connectivity index (χ4v) is 4.11. The zero-order chi connectivity index (χ0) is 15.2. The highest BCUT2D eigenvalue weighted by Gasteiger charge is 2.21. The van der Waals surface area contributed by atoms with Crippen LogP contribution in [0.2, 0.25) is 5.02 Å². The summed E-state index contributed by atoms with van der Waals surface area (Å²) in [7, 11) is 0. The van der Waals surface area contributed by atoms with E-state index >= 15 is 0 Å². The van der Waals surface area contributed by atoms with Gasteiger partial charge in [-0.3, -0.25) is 9.88 Å². The van der Waals surface area contributed by atoms with Crippen LogP contribution in [0.5, 0.6) is 0 Å². The molecule has 3 heterocycles. The lowest BCUT2D eigenvalue weighted by Gasteiger charge is -2.30. The average Bonchev–Trinajstić information content (AvgIpc) is 2.78. The van der Waals surface area contributed by atoms with Gasteiger partial charge in [0.15, 0.2) is 0 Å². The first-order valence-electron chi connectivity index (χ1n) is 7.89. The molecule has 1 saturated heterocycles. The minimum Gasteiger partial charge on any atom is -0.317 e. The normalized spacial score (nSPS) is 19.3. The lowest BCUT2D eigenvalue weighted by molar-refractivity contribution is 0.164. The topological polar surface area (TPSA) is 28.2 Å². The first-order chi connectivity index (χ1) is 10.8. The summed E-state index contributed by atoms with van der Waals surface area (Å²) in [5.41, 5.74) is 1.14. The van der Waals surface area contributed by atoms with Crippen LogP contribution in [0.25, 0.3) is 0 Å². The van der Waals surface area contributed by atoms with Crippen molar-refractivity contribution in [2.24, 2.45) is 0 Å². The first-order valence-corrected chi connectivity index (χ1v) is 9.14. The molecule has 0 aromatic carbocycles. The second-order valence-corrected chi connectivity index (χ2v) is 7.22. The van der Waals surface area contributed by atoms with E-state index in [2.05, 4.69) is 33.4 Å². The highest BCUT2D eigenvalue weighted by atomic mass is 35.5. The van der Waals surface area contributed by atoms with E-state index in [1.165, 1.54) is 24.1 Å². The zero-order valence-electron chi connectivity index (χ0n) is 12.7. The Kier molecular flexibility index (Phi) is 5.84. The third-order valence-electron chi connectivity index (χ3n) is 4.13. The summed E-state index contributed by atoms with van der Waals surface area (Å²) in [6, 6.07) is 8.85. The average molecular weight is 336 g/mol. The van der Waals surface area contributed by atoms with E-state index in [1.807, 2.05) is 17.6 Å². The van der Waals surface area contributed by atoms with Gasteiger partial charge in [0, 0.05) is 35.6 Å². The predicted molar refractivity (Wildman–Crippen MR) is 93.3 cm³/mol. The Bertz CT molecular complexity index is 564. The van der Waals surface area contributed by atoms with Gasteiger partial charge < -0.3 is 5.32 Å². The summed E-state index contributed by atoms with van der Waals surface area (Å²) in [6.45, 7) is 4.10. The second-order valence-electron chi connectivity index (χ2n) is 5.79. The number of thiophene rings is 1. The molecular weight excluding hydrogens is 314 g/mol. The van der Waals surface area contributed by atoms with Gasteiger partial charge in [0.2, 0.25) is 0 Å². The molecule has 1 atom stereocenters. The molecule has 1 unspecified atom stereocenters. The van der Waals surface area contributed by atoms with E-state index in [0.717, 1.165) is 36.9 Å². The first kappa shape index (κ1) is 15.9. The van der Waals surface area contributed by atoms with Crippen molar-refractivity contribution in [3.05, 3.63) is 51.4 Å². The van der Waals surface area contributed by atoms with Gasteiger partial charge in [-0.1, -0.05) is 17.7 Å². The van der Waals surface area contributed by atoms with Crippen molar-refractivity contribution in [1.29, 1.82) is 0 Å². The molecule has 1 fully saturated rings. The van der Waals surface area contributed by atoms with Crippen LogP contribution in [0, 0.1) is 0 Å². The van der Waals surface area contributed by atoms with Gasteiger partial charge in [-0.15, -0.1) is 11.3 Å². The maximum Gasteiger partial charge on any atom is 0.0544 e. The molecule has 2 aromatic rings. The molecule has 0 bridgehead atoms. The second kappa shape index (κ2) is 8.06. The van der Waals surface area contributed by atoms with E-state index in [0.29, 0.717) is 6.04 Å². The zero-order valence-corrected chi connectivity index (χ0v) is 14.2. The molecule has 3 nitrogen and oxygen atoms in total. The van der Waals surface area contributed by atoms with Gasteiger partial charge in [-0.05, 0) is 50.6 Å². The number of pyridine rings is 1. The van der Waals surface area contributed by atoms with Crippen LogP contribution in [0.1, 0.15) is 29.8 Å². The van der Waals surface area contributed by atoms with Crippen LogP contribution in [-0.4, -0.2) is 29.0 Å². The van der Waals surface area contributed by atoms with E-state index in [9.17, 15) is 0 Å². The summed E-state index contributed by atoms with van der Waals surface area (Å²) in [6.07, 6.45) is 5.57. The molecule has 0 saturated carbocycles. The smallest absolute Gasteiger partial charge is 0.0544 e. The summed E-state index contributed by atoms with van der Waals surface area (Å²) in [5, 5.41) is 6.37. The van der Waals surface area contributed by atoms with Crippen molar-refractivity contribution in [3.8, 4) is 0 Å². The molecular formula is C17H22ClN3S. The SMILES string of the molecule is Clc1csc(CN(Cc2ccccn2)C2CCCNCC2)c1. The van der Waals surface area contributed by atoms with E-state index in [-0.39, 0.29) is 0 Å². The molecule has 0 amide bonds. The fourth-order valence-electron chi connectivity index (χ4n) is 3.02. The summed E-state index contributed by atoms with van der Waals surface area (Å²) >= 11 is 7.83. The van der Waals surface area contributed by atoms with Crippen LogP contribution >= 0.6 is 22.9 Å². The molecule has 3 rings (SSSR count). The van der Waals surface area contributed by atoms with Gasteiger partial charge in [-0.2, -0.15) is 0 Å². The Balaban J connectivity index is 1.74. The fraction of sp³-hybridized carbons (Fsp3) is 0.471. The van der Waals surface area contributed by atoms with Crippen LogP contribution in [0.4, 0.5) is 0 Å². The highest BCUT2D eigenvalue weighted by molar-refractivity contribution is 7.10. The lowest BCUT2D eigenvalue weighted by Crippen LogP contribution is -2.35. The Hall–Kier alpha value is -0.940. The Labute approximate surface area is 141 Å². The molecule has 0 radical (unpaired) electrons. The monoisotopic (exact) mass is 335 g/mol. The van der Waals surface area contributed by atoms with Crippen molar-refractivity contribution in [1.82, 2.24) is 15.2 Å². The summed E-state index contributed by atoms with van der Waals surface area (Å²) in [5.74, 6) is 0. The maximum atomic E-state index is 6.09. The van der Waals surface area contributed by atoms with Crippen LogP contribution in [0.15, 0.2) is 35.8 Å². The van der Waals surface area contributed by atoms with Crippen LogP contribution < -0.4 is 5.32 Å². The quantitative estimate of drug-likeness (QED) is 0.897. The molecule has 2 aromatic heterocycles. The molecule has 0 spiro atoms. The van der Waals surface area contributed by atoms with Crippen LogP contribution in [-0.2, 0) is 13.1 Å². The molecule has 1 N–H and O–H groups in total. The Morgan fingerprint density at radius 3 is 3.00 bits per heavy atom. The number of halogens is 1. The Morgan fingerprint density at radius 1 is 1.27 bits per heavy atom. The van der Waals surface area contributed by atoms with E-state index < -0.39 is 0 Å². The lowest BCUT2D eigenvalue weighted by atomic mass is 10.1. The van der Waals surface area contributed by atoms with Crippen LogP contribution in [0.3, 0.4) is 0 Å². The largest absolute Gasteiger partial charge is 0.317 e. The number of nitrogens with one attached hydrogen (secondary N) is 1. The molecule has 0 aliphatic carbocycles. The molecule has 118 valence electrons. The predicted octanol–water partition coefficient (Wildman–Crippen LogP) is 3.94.